The topological polar surface area (TPSA) is 51.8 Å². The Labute approximate surface area is 114 Å². The third-order valence-electron chi connectivity index (χ3n) is 3.06. The number of nitrogens with two attached hydrogens (primary N) is 1. The number of hydrogen-bond donors (Lipinski definition) is 1. The summed E-state index contributed by atoms with van der Waals surface area (Å²) in [5.41, 5.74) is 9.27. The van der Waals surface area contributed by atoms with Crippen LogP contribution in [0.15, 0.2) is 30.3 Å². The lowest BCUT2D eigenvalue weighted by Crippen LogP contribution is -2.04. The number of nitrogens with zero attached hydrogens (tertiary/aromatic N) is 2. The van der Waals surface area contributed by atoms with Crippen LogP contribution >= 0.6 is 0 Å². The molecular formula is C16H21N3. The van der Waals surface area contributed by atoms with Gasteiger partial charge in [0.1, 0.15) is 5.82 Å². The van der Waals surface area contributed by atoms with Crippen molar-refractivity contribution in [2.45, 2.75) is 33.6 Å². The Hall–Kier alpha value is -1.90. The van der Waals surface area contributed by atoms with Crippen molar-refractivity contribution in [1.82, 2.24) is 9.97 Å². The highest BCUT2D eigenvalue weighted by molar-refractivity contribution is 5.61. The molecule has 0 amide bonds. The molecule has 3 heteroatoms. The predicted molar refractivity (Wildman–Crippen MR) is 79.8 cm³/mol. The number of rotatable bonds is 4. The Morgan fingerprint density at radius 3 is 2.58 bits per heavy atom. The van der Waals surface area contributed by atoms with E-state index in [1.165, 1.54) is 5.56 Å². The van der Waals surface area contributed by atoms with E-state index in [0.717, 1.165) is 29.9 Å². The zero-order valence-electron chi connectivity index (χ0n) is 11.9. The maximum Gasteiger partial charge on any atom is 0.162 e. The molecule has 0 aliphatic carbocycles. The number of hydrogen-bond acceptors (Lipinski definition) is 3. The van der Waals surface area contributed by atoms with Gasteiger partial charge in [-0.2, -0.15) is 0 Å². The second-order valence-electron chi connectivity index (χ2n) is 5.22. The maximum atomic E-state index is 5.91. The first-order valence-electron chi connectivity index (χ1n) is 6.81. The van der Waals surface area contributed by atoms with E-state index in [9.17, 15) is 0 Å². The molecule has 1 aromatic heterocycles. The predicted octanol–water partition coefficient (Wildman–Crippen LogP) is 3.49. The summed E-state index contributed by atoms with van der Waals surface area (Å²) in [6, 6.07) is 10.1. The number of anilines is 1. The number of nitrogen functional groups attached to an aromatic ring is 1. The molecule has 0 bridgehead atoms. The van der Waals surface area contributed by atoms with Gasteiger partial charge in [0.05, 0.1) is 0 Å². The van der Waals surface area contributed by atoms with Crippen molar-refractivity contribution in [2.24, 2.45) is 5.92 Å². The largest absolute Gasteiger partial charge is 0.384 e. The van der Waals surface area contributed by atoms with Crippen molar-refractivity contribution in [1.29, 1.82) is 0 Å². The molecule has 100 valence electrons. The van der Waals surface area contributed by atoms with Gasteiger partial charge in [0.15, 0.2) is 5.82 Å². The van der Waals surface area contributed by atoms with E-state index < -0.39 is 0 Å². The summed E-state index contributed by atoms with van der Waals surface area (Å²) in [4.78, 5) is 9.05. The fraction of sp³-hybridized carbons (Fsp3) is 0.375. The molecule has 0 atom stereocenters. The van der Waals surface area contributed by atoms with E-state index in [0.29, 0.717) is 11.7 Å². The minimum atomic E-state index is 0.548. The highest BCUT2D eigenvalue weighted by Gasteiger charge is 2.09. The first kappa shape index (κ1) is 13.5. The molecule has 0 aliphatic rings. The van der Waals surface area contributed by atoms with Gasteiger partial charge in [0.2, 0.25) is 0 Å². The molecule has 2 rings (SSSR count). The molecule has 0 aliphatic heterocycles. The molecule has 0 unspecified atom stereocenters. The highest BCUT2D eigenvalue weighted by Crippen LogP contribution is 2.22. The Morgan fingerprint density at radius 1 is 1.16 bits per heavy atom. The second kappa shape index (κ2) is 5.83. The quantitative estimate of drug-likeness (QED) is 0.909. The molecule has 1 heterocycles. The normalized spacial score (nSPS) is 10.9. The van der Waals surface area contributed by atoms with Gasteiger partial charge < -0.3 is 5.73 Å². The number of aromatic nitrogens is 2. The van der Waals surface area contributed by atoms with E-state index in [-0.39, 0.29) is 0 Å². The summed E-state index contributed by atoms with van der Waals surface area (Å²) in [6.07, 6.45) is 1.89. The first-order valence-corrected chi connectivity index (χ1v) is 6.81. The summed E-state index contributed by atoms with van der Waals surface area (Å²) in [5, 5.41) is 0. The average molecular weight is 255 g/mol. The molecule has 0 radical (unpaired) electrons. The summed E-state index contributed by atoms with van der Waals surface area (Å²) < 4.78 is 0. The van der Waals surface area contributed by atoms with Crippen LogP contribution in [0.5, 0.6) is 0 Å². The van der Waals surface area contributed by atoms with E-state index in [2.05, 4.69) is 42.9 Å². The fourth-order valence-corrected chi connectivity index (χ4v) is 2.21. The van der Waals surface area contributed by atoms with Crippen LogP contribution in [0.4, 0.5) is 5.82 Å². The Kier molecular flexibility index (Phi) is 4.15. The SMILES string of the molecule is CCc1ccccc1-c1nc(N)cc(CC(C)C)n1. The van der Waals surface area contributed by atoms with Gasteiger partial charge >= 0.3 is 0 Å². The molecule has 3 nitrogen and oxygen atoms in total. The van der Waals surface area contributed by atoms with Gasteiger partial charge in [0.25, 0.3) is 0 Å². The molecule has 2 aromatic rings. The lowest BCUT2D eigenvalue weighted by molar-refractivity contribution is 0.635. The third kappa shape index (κ3) is 3.31. The number of aryl methyl sites for hydroxylation is 1. The molecule has 0 saturated heterocycles. The van der Waals surface area contributed by atoms with E-state index in [1.54, 1.807) is 0 Å². The number of benzene rings is 1. The zero-order chi connectivity index (χ0) is 13.8. The molecule has 0 saturated carbocycles. The molecular weight excluding hydrogens is 234 g/mol. The second-order valence-corrected chi connectivity index (χ2v) is 5.22. The zero-order valence-corrected chi connectivity index (χ0v) is 11.9. The minimum Gasteiger partial charge on any atom is -0.384 e. The molecule has 19 heavy (non-hydrogen) atoms. The van der Waals surface area contributed by atoms with Crippen LogP contribution < -0.4 is 5.73 Å². The van der Waals surface area contributed by atoms with E-state index in [1.807, 2.05) is 18.2 Å². The molecule has 0 spiro atoms. The highest BCUT2D eigenvalue weighted by atomic mass is 14.9. The van der Waals surface area contributed by atoms with Crippen LogP contribution in [-0.4, -0.2) is 9.97 Å². The summed E-state index contributed by atoms with van der Waals surface area (Å²) in [7, 11) is 0. The van der Waals surface area contributed by atoms with Gasteiger partial charge in [-0.1, -0.05) is 45.0 Å². The van der Waals surface area contributed by atoms with Crippen LogP contribution in [0, 0.1) is 5.92 Å². The third-order valence-corrected chi connectivity index (χ3v) is 3.06. The van der Waals surface area contributed by atoms with Crippen LogP contribution in [-0.2, 0) is 12.8 Å². The lowest BCUT2D eigenvalue weighted by Gasteiger charge is -2.10. The van der Waals surface area contributed by atoms with Crippen molar-refractivity contribution in [3.8, 4) is 11.4 Å². The van der Waals surface area contributed by atoms with E-state index in [4.69, 9.17) is 5.73 Å². The average Bonchev–Trinajstić information content (AvgIpc) is 2.37. The van der Waals surface area contributed by atoms with Gasteiger partial charge in [-0.05, 0) is 24.3 Å². The van der Waals surface area contributed by atoms with Crippen molar-refractivity contribution < 1.29 is 0 Å². The molecule has 1 aromatic carbocycles. The fourth-order valence-electron chi connectivity index (χ4n) is 2.21. The van der Waals surface area contributed by atoms with Crippen molar-refractivity contribution in [3.63, 3.8) is 0 Å². The Morgan fingerprint density at radius 2 is 1.89 bits per heavy atom. The van der Waals surface area contributed by atoms with Gasteiger partial charge in [0, 0.05) is 17.3 Å². The molecule has 2 N–H and O–H groups in total. The van der Waals surface area contributed by atoms with Crippen LogP contribution in [0.3, 0.4) is 0 Å². The Balaban J connectivity index is 2.47. The lowest BCUT2D eigenvalue weighted by atomic mass is 10.0. The van der Waals surface area contributed by atoms with Crippen molar-refractivity contribution >= 4 is 5.82 Å². The minimum absolute atomic E-state index is 0.548. The maximum absolute atomic E-state index is 5.91. The monoisotopic (exact) mass is 255 g/mol. The summed E-state index contributed by atoms with van der Waals surface area (Å²) >= 11 is 0. The van der Waals surface area contributed by atoms with Gasteiger partial charge in [-0.25, -0.2) is 9.97 Å². The van der Waals surface area contributed by atoms with E-state index >= 15 is 0 Å². The van der Waals surface area contributed by atoms with Gasteiger partial charge in [-0.15, -0.1) is 0 Å². The Bertz CT molecular complexity index is 562. The van der Waals surface area contributed by atoms with Gasteiger partial charge in [-0.3, -0.25) is 0 Å². The summed E-state index contributed by atoms with van der Waals surface area (Å²) in [6.45, 7) is 6.50. The van der Waals surface area contributed by atoms with Crippen molar-refractivity contribution in [3.05, 3.63) is 41.6 Å². The first-order chi connectivity index (χ1) is 9.10. The summed E-state index contributed by atoms with van der Waals surface area (Å²) in [5.74, 6) is 1.85. The van der Waals surface area contributed by atoms with Crippen LogP contribution in [0.25, 0.3) is 11.4 Å². The molecule has 0 fully saturated rings. The van der Waals surface area contributed by atoms with Crippen LogP contribution in [0.2, 0.25) is 0 Å². The van der Waals surface area contributed by atoms with Crippen molar-refractivity contribution in [2.75, 3.05) is 5.73 Å². The standard InChI is InChI=1S/C16H21N3/c1-4-12-7-5-6-8-14(12)16-18-13(9-11(2)3)10-15(17)19-16/h5-8,10-11H,4,9H2,1-3H3,(H2,17,18,19). The smallest absolute Gasteiger partial charge is 0.162 e. The van der Waals surface area contributed by atoms with Crippen LogP contribution in [0.1, 0.15) is 32.0 Å².